The van der Waals surface area contributed by atoms with Gasteiger partial charge in [0.15, 0.2) is 0 Å². The molecule has 0 bridgehead atoms. The van der Waals surface area contributed by atoms with E-state index in [2.05, 4.69) is 74.2 Å². The molecule has 0 aromatic heterocycles. The number of hydrogen-bond donors (Lipinski definition) is 0. The predicted octanol–water partition coefficient (Wildman–Crippen LogP) is 5.76. The van der Waals surface area contributed by atoms with Crippen molar-refractivity contribution in [3.8, 4) is 11.8 Å². The number of hydrogen-bond acceptors (Lipinski definition) is 0. The summed E-state index contributed by atoms with van der Waals surface area (Å²) in [6.07, 6.45) is 6.23. The maximum absolute atomic E-state index is 3.48. The van der Waals surface area contributed by atoms with E-state index in [4.69, 9.17) is 0 Å². The number of rotatable bonds is 2. The van der Waals surface area contributed by atoms with Crippen LogP contribution < -0.4 is 0 Å². The maximum Gasteiger partial charge on any atom is 0.0245 e. The molecular formula is C23H26. The molecule has 0 atom stereocenters. The van der Waals surface area contributed by atoms with Gasteiger partial charge in [0.05, 0.1) is 0 Å². The zero-order valence-electron chi connectivity index (χ0n) is 14.3. The van der Waals surface area contributed by atoms with Crippen LogP contribution in [0.25, 0.3) is 0 Å². The van der Waals surface area contributed by atoms with E-state index < -0.39 is 0 Å². The highest BCUT2D eigenvalue weighted by molar-refractivity contribution is 5.38. The summed E-state index contributed by atoms with van der Waals surface area (Å²) in [7, 11) is 0. The van der Waals surface area contributed by atoms with Gasteiger partial charge in [0.25, 0.3) is 0 Å². The zero-order valence-corrected chi connectivity index (χ0v) is 14.3. The fraction of sp³-hybridized carbons (Fsp3) is 0.391. The topological polar surface area (TPSA) is 0 Å². The minimum Gasteiger partial charge on any atom is -0.0945 e. The fourth-order valence-electron chi connectivity index (χ4n) is 3.24. The second-order valence-electron chi connectivity index (χ2n) is 7.09. The first-order valence-corrected chi connectivity index (χ1v) is 8.85. The Labute approximate surface area is 140 Å². The highest BCUT2D eigenvalue weighted by Crippen LogP contribution is 2.27. The van der Waals surface area contributed by atoms with Crippen molar-refractivity contribution in [2.24, 2.45) is 11.8 Å². The summed E-state index contributed by atoms with van der Waals surface area (Å²) in [6.45, 7) is 4.49. The van der Waals surface area contributed by atoms with Crippen LogP contribution in [0.2, 0.25) is 0 Å². The summed E-state index contributed by atoms with van der Waals surface area (Å²) in [5, 5.41) is 0. The van der Waals surface area contributed by atoms with Gasteiger partial charge in [0.2, 0.25) is 0 Å². The third kappa shape index (κ3) is 4.73. The van der Waals surface area contributed by atoms with Gasteiger partial charge >= 0.3 is 0 Å². The van der Waals surface area contributed by atoms with E-state index in [0.717, 1.165) is 17.9 Å². The molecule has 0 saturated heterocycles. The van der Waals surface area contributed by atoms with Gasteiger partial charge in [-0.2, -0.15) is 0 Å². The van der Waals surface area contributed by atoms with Gasteiger partial charge in [-0.25, -0.2) is 0 Å². The standard InChI is InChI=1S/C23H26/c1-18-3-7-20(8-4-18)11-12-21-13-15-23(16-14-21)17-22-9-5-19(2)6-10-22/h5-6,9-10,13-16,18,20H,3-4,7-8,17H2,1-2H3. The summed E-state index contributed by atoms with van der Waals surface area (Å²) in [5.41, 5.74) is 5.18. The molecule has 0 amide bonds. The molecule has 1 aliphatic rings. The Morgan fingerprint density at radius 1 is 0.826 bits per heavy atom. The lowest BCUT2D eigenvalue weighted by Crippen LogP contribution is -2.10. The Hall–Kier alpha value is -2.00. The van der Waals surface area contributed by atoms with Crippen LogP contribution in [-0.4, -0.2) is 0 Å². The summed E-state index contributed by atoms with van der Waals surface area (Å²) < 4.78 is 0. The SMILES string of the molecule is Cc1ccc(Cc2ccc(C#CC3CCC(C)CC3)cc2)cc1. The molecule has 0 nitrogen and oxygen atoms in total. The highest BCUT2D eigenvalue weighted by Gasteiger charge is 2.15. The van der Waals surface area contributed by atoms with Gasteiger partial charge < -0.3 is 0 Å². The van der Waals surface area contributed by atoms with Crippen molar-refractivity contribution < 1.29 is 0 Å². The van der Waals surface area contributed by atoms with Gasteiger partial charge in [-0.1, -0.05) is 60.7 Å². The minimum atomic E-state index is 0.610. The Bertz CT molecular complexity index is 672. The molecule has 2 aromatic rings. The highest BCUT2D eigenvalue weighted by atomic mass is 14.2. The van der Waals surface area contributed by atoms with Crippen molar-refractivity contribution in [1.82, 2.24) is 0 Å². The van der Waals surface area contributed by atoms with E-state index in [1.54, 1.807) is 0 Å². The molecule has 0 N–H and O–H groups in total. The molecule has 3 rings (SSSR count). The van der Waals surface area contributed by atoms with E-state index in [9.17, 15) is 0 Å². The molecule has 0 aliphatic heterocycles. The van der Waals surface area contributed by atoms with Crippen LogP contribution in [0.15, 0.2) is 48.5 Å². The van der Waals surface area contributed by atoms with Crippen molar-refractivity contribution in [3.63, 3.8) is 0 Å². The molecule has 23 heavy (non-hydrogen) atoms. The average Bonchev–Trinajstić information content (AvgIpc) is 2.58. The second kappa shape index (κ2) is 7.51. The molecule has 2 aromatic carbocycles. The second-order valence-corrected chi connectivity index (χ2v) is 7.09. The lowest BCUT2D eigenvalue weighted by atomic mass is 9.83. The average molecular weight is 302 g/mol. The molecule has 1 aliphatic carbocycles. The van der Waals surface area contributed by atoms with Gasteiger partial charge in [-0.3, -0.25) is 0 Å². The lowest BCUT2D eigenvalue weighted by molar-refractivity contribution is 0.337. The Balaban J connectivity index is 1.60. The minimum absolute atomic E-state index is 0.610. The van der Waals surface area contributed by atoms with Crippen LogP contribution in [0, 0.1) is 30.6 Å². The van der Waals surface area contributed by atoms with Crippen LogP contribution in [-0.2, 0) is 6.42 Å². The van der Waals surface area contributed by atoms with Crippen molar-refractivity contribution >= 4 is 0 Å². The van der Waals surface area contributed by atoms with Crippen LogP contribution >= 0.6 is 0 Å². The predicted molar refractivity (Wildman–Crippen MR) is 98.4 cm³/mol. The van der Waals surface area contributed by atoms with Gasteiger partial charge in [0, 0.05) is 11.5 Å². The van der Waals surface area contributed by atoms with Crippen LogP contribution in [0.5, 0.6) is 0 Å². The molecule has 0 heterocycles. The van der Waals surface area contributed by atoms with Gasteiger partial charge in [-0.15, -0.1) is 0 Å². The zero-order chi connectivity index (χ0) is 16.1. The lowest BCUT2D eigenvalue weighted by Gasteiger charge is -2.21. The molecular weight excluding hydrogens is 276 g/mol. The van der Waals surface area contributed by atoms with Crippen LogP contribution in [0.1, 0.15) is 54.9 Å². The summed E-state index contributed by atoms with van der Waals surface area (Å²) in [6, 6.07) is 17.6. The van der Waals surface area contributed by atoms with E-state index in [1.807, 2.05) is 0 Å². The van der Waals surface area contributed by atoms with Crippen molar-refractivity contribution in [3.05, 3.63) is 70.8 Å². The first-order valence-electron chi connectivity index (χ1n) is 8.85. The molecule has 0 unspecified atom stereocenters. The molecule has 118 valence electrons. The molecule has 1 fully saturated rings. The van der Waals surface area contributed by atoms with Gasteiger partial charge in [0.1, 0.15) is 0 Å². The van der Waals surface area contributed by atoms with Crippen LogP contribution in [0.3, 0.4) is 0 Å². The summed E-state index contributed by atoms with van der Waals surface area (Å²) >= 11 is 0. The van der Waals surface area contributed by atoms with Crippen LogP contribution in [0.4, 0.5) is 0 Å². The Morgan fingerprint density at radius 3 is 2.00 bits per heavy atom. The molecule has 1 saturated carbocycles. The van der Waals surface area contributed by atoms with E-state index in [0.29, 0.717) is 5.92 Å². The first kappa shape index (κ1) is 15.9. The maximum atomic E-state index is 3.48. The normalized spacial score (nSPS) is 20.6. The van der Waals surface area contributed by atoms with E-state index in [1.165, 1.54) is 42.4 Å². The Morgan fingerprint density at radius 2 is 1.39 bits per heavy atom. The third-order valence-electron chi connectivity index (χ3n) is 4.92. The van der Waals surface area contributed by atoms with Crippen molar-refractivity contribution in [2.75, 3.05) is 0 Å². The first-order chi connectivity index (χ1) is 11.2. The number of aryl methyl sites for hydroxylation is 1. The largest absolute Gasteiger partial charge is 0.0945 e. The molecule has 0 heteroatoms. The monoisotopic (exact) mass is 302 g/mol. The molecule has 0 radical (unpaired) electrons. The summed E-state index contributed by atoms with van der Waals surface area (Å²) in [4.78, 5) is 0. The smallest absolute Gasteiger partial charge is 0.0245 e. The van der Waals surface area contributed by atoms with E-state index >= 15 is 0 Å². The van der Waals surface area contributed by atoms with Crippen molar-refractivity contribution in [2.45, 2.75) is 46.0 Å². The van der Waals surface area contributed by atoms with Gasteiger partial charge in [-0.05, 0) is 68.2 Å². The Kier molecular flexibility index (Phi) is 5.19. The third-order valence-corrected chi connectivity index (χ3v) is 4.92. The molecule has 0 spiro atoms. The summed E-state index contributed by atoms with van der Waals surface area (Å²) in [5.74, 6) is 8.37. The van der Waals surface area contributed by atoms with Crippen molar-refractivity contribution in [1.29, 1.82) is 0 Å². The van der Waals surface area contributed by atoms with E-state index in [-0.39, 0.29) is 0 Å². The number of benzene rings is 2. The quantitative estimate of drug-likeness (QED) is 0.618. The fourth-order valence-corrected chi connectivity index (χ4v) is 3.24.